The predicted octanol–water partition coefficient (Wildman–Crippen LogP) is 4.36. The first-order valence-electron chi connectivity index (χ1n) is 11.1. The van der Waals surface area contributed by atoms with E-state index in [4.69, 9.17) is 4.74 Å². The van der Waals surface area contributed by atoms with Gasteiger partial charge in [0.25, 0.3) is 5.91 Å². The van der Waals surface area contributed by atoms with Gasteiger partial charge in [-0.3, -0.25) is 9.10 Å². The standard InChI is InChI=1S/C26H27FN2O4S/c1-34(31,32)29(17-20-8-3-5-11-24(20)27)21-13-15-22(16-14-21)33-18-26(30)28-25-12-6-9-19-7-2-4-10-23(19)25/h2-5,7-8,10-11,13-16,25H,6,9,12,17-18H2,1H3,(H,28,30)/t25-/m0/s1. The topological polar surface area (TPSA) is 75.7 Å². The van der Waals surface area contributed by atoms with Crippen LogP contribution in [0.3, 0.4) is 0 Å². The largest absolute Gasteiger partial charge is 0.484 e. The van der Waals surface area contributed by atoms with Crippen LogP contribution in [0.5, 0.6) is 5.75 Å². The number of amides is 1. The van der Waals surface area contributed by atoms with Crippen LogP contribution in [0, 0.1) is 5.82 Å². The maximum absolute atomic E-state index is 14.1. The number of ether oxygens (including phenoxy) is 1. The molecule has 1 atom stereocenters. The summed E-state index contributed by atoms with van der Waals surface area (Å²) in [7, 11) is -3.65. The molecule has 0 aromatic heterocycles. The molecule has 3 aromatic carbocycles. The number of nitrogens with one attached hydrogen (secondary N) is 1. The number of rotatable bonds is 8. The van der Waals surface area contributed by atoms with Gasteiger partial charge in [0.1, 0.15) is 11.6 Å². The molecule has 0 aliphatic heterocycles. The van der Waals surface area contributed by atoms with Crippen molar-refractivity contribution in [1.82, 2.24) is 5.32 Å². The number of fused-ring (bicyclic) bond motifs is 1. The van der Waals surface area contributed by atoms with Gasteiger partial charge < -0.3 is 10.1 Å². The van der Waals surface area contributed by atoms with Crippen LogP contribution in [0.2, 0.25) is 0 Å². The normalized spacial score (nSPS) is 15.3. The van der Waals surface area contributed by atoms with E-state index in [0.29, 0.717) is 11.4 Å². The minimum Gasteiger partial charge on any atom is -0.484 e. The zero-order chi connectivity index (χ0) is 24.1. The number of carbonyl (C=O) groups excluding carboxylic acids is 1. The number of hydrogen-bond donors (Lipinski definition) is 1. The van der Waals surface area contributed by atoms with Crippen LogP contribution in [0.4, 0.5) is 10.1 Å². The van der Waals surface area contributed by atoms with Gasteiger partial charge in [0.2, 0.25) is 10.0 Å². The van der Waals surface area contributed by atoms with Crippen LogP contribution in [0.1, 0.15) is 35.6 Å². The van der Waals surface area contributed by atoms with Gasteiger partial charge in [0.15, 0.2) is 6.61 Å². The number of sulfonamides is 1. The van der Waals surface area contributed by atoms with Crippen molar-refractivity contribution in [2.24, 2.45) is 0 Å². The van der Waals surface area contributed by atoms with Crippen LogP contribution in [0.25, 0.3) is 0 Å². The van der Waals surface area contributed by atoms with Crippen molar-refractivity contribution in [2.45, 2.75) is 31.8 Å². The second-order valence-corrected chi connectivity index (χ2v) is 10.3. The molecule has 1 N–H and O–H groups in total. The fourth-order valence-corrected chi connectivity index (χ4v) is 5.06. The highest BCUT2D eigenvalue weighted by Crippen LogP contribution is 2.29. The van der Waals surface area contributed by atoms with Crippen LogP contribution in [0.15, 0.2) is 72.8 Å². The third kappa shape index (κ3) is 5.75. The molecule has 0 saturated heterocycles. The Morgan fingerprint density at radius 2 is 1.76 bits per heavy atom. The van der Waals surface area contributed by atoms with Gasteiger partial charge in [0.05, 0.1) is 24.5 Å². The number of nitrogens with zero attached hydrogens (tertiary/aromatic N) is 1. The molecule has 0 saturated carbocycles. The fourth-order valence-electron chi connectivity index (χ4n) is 4.18. The molecule has 0 radical (unpaired) electrons. The Bertz CT molecular complexity index is 1260. The number of anilines is 1. The highest BCUT2D eigenvalue weighted by atomic mass is 32.2. The van der Waals surface area contributed by atoms with Gasteiger partial charge in [0, 0.05) is 5.56 Å². The summed E-state index contributed by atoms with van der Waals surface area (Å²) in [5.41, 5.74) is 3.07. The van der Waals surface area contributed by atoms with Gasteiger partial charge in [-0.25, -0.2) is 12.8 Å². The van der Waals surface area contributed by atoms with Crippen molar-refractivity contribution < 1.29 is 22.3 Å². The Morgan fingerprint density at radius 1 is 1.06 bits per heavy atom. The van der Waals surface area contributed by atoms with E-state index < -0.39 is 15.8 Å². The summed E-state index contributed by atoms with van der Waals surface area (Å²) >= 11 is 0. The lowest BCUT2D eigenvalue weighted by Gasteiger charge is -2.26. The summed E-state index contributed by atoms with van der Waals surface area (Å²) in [5.74, 6) is -0.256. The van der Waals surface area contributed by atoms with Gasteiger partial charge in [-0.15, -0.1) is 0 Å². The first-order valence-corrected chi connectivity index (χ1v) is 13.0. The average Bonchev–Trinajstić information content (AvgIpc) is 2.82. The molecule has 6 nitrogen and oxygen atoms in total. The lowest BCUT2D eigenvalue weighted by atomic mass is 9.88. The Hall–Kier alpha value is -3.39. The molecule has 1 amide bonds. The van der Waals surface area contributed by atoms with Gasteiger partial charge in [-0.05, 0) is 60.7 Å². The molecule has 0 fully saturated rings. The highest BCUT2D eigenvalue weighted by Gasteiger charge is 2.22. The first kappa shape index (κ1) is 23.8. The van der Waals surface area contributed by atoms with Crippen molar-refractivity contribution in [1.29, 1.82) is 0 Å². The Kier molecular flexibility index (Phi) is 7.17. The summed E-state index contributed by atoms with van der Waals surface area (Å²) < 4.78 is 45.5. The lowest BCUT2D eigenvalue weighted by Crippen LogP contribution is -2.34. The maximum atomic E-state index is 14.1. The van der Waals surface area contributed by atoms with E-state index in [2.05, 4.69) is 11.4 Å². The SMILES string of the molecule is CS(=O)(=O)N(Cc1ccccc1F)c1ccc(OCC(=O)N[C@H]2CCCc3ccccc32)cc1. The van der Waals surface area contributed by atoms with Gasteiger partial charge in [-0.1, -0.05) is 42.5 Å². The summed E-state index contributed by atoms with van der Waals surface area (Å²) in [6, 6.07) is 20.5. The Balaban J connectivity index is 1.38. The molecule has 34 heavy (non-hydrogen) atoms. The second-order valence-electron chi connectivity index (χ2n) is 8.35. The number of halogens is 1. The third-order valence-corrected chi connectivity index (χ3v) is 7.01. The van der Waals surface area contributed by atoms with Crippen LogP contribution >= 0.6 is 0 Å². The zero-order valence-electron chi connectivity index (χ0n) is 18.9. The summed E-state index contributed by atoms with van der Waals surface area (Å²) in [5, 5.41) is 3.04. The van der Waals surface area contributed by atoms with Gasteiger partial charge in [-0.2, -0.15) is 0 Å². The van der Waals surface area contributed by atoms with E-state index in [1.165, 1.54) is 11.6 Å². The molecule has 3 aromatic rings. The minimum atomic E-state index is -3.65. The van der Waals surface area contributed by atoms with Crippen LogP contribution in [-0.4, -0.2) is 27.2 Å². The fraction of sp³-hybridized carbons (Fsp3) is 0.269. The van der Waals surface area contributed by atoms with Crippen LogP contribution < -0.4 is 14.4 Å². The number of benzene rings is 3. The molecule has 0 spiro atoms. The molecule has 4 rings (SSSR count). The van der Waals surface area contributed by atoms with E-state index in [1.54, 1.807) is 42.5 Å². The highest BCUT2D eigenvalue weighted by molar-refractivity contribution is 7.92. The van der Waals surface area contributed by atoms with Crippen molar-refractivity contribution in [2.75, 3.05) is 17.2 Å². The number of carbonyl (C=O) groups is 1. The number of hydrogen-bond acceptors (Lipinski definition) is 4. The van der Waals surface area contributed by atoms with E-state index in [-0.39, 0.29) is 30.7 Å². The quantitative estimate of drug-likeness (QED) is 0.518. The molecular formula is C26H27FN2O4S. The molecule has 0 unspecified atom stereocenters. The van der Waals surface area contributed by atoms with Crippen molar-refractivity contribution in [3.63, 3.8) is 0 Å². The monoisotopic (exact) mass is 482 g/mol. The molecule has 1 aliphatic carbocycles. The van der Waals surface area contributed by atoms with Crippen molar-refractivity contribution >= 4 is 21.6 Å². The van der Waals surface area contributed by atoms with E-state index in [9.17, 15) is 17.6 Å². The van der Waals surface area contributed by atoms with Crippen molar-refractivity contribution in [3.05, 3.63) is 95.3 Å². The van der Waals surface area contributed by atoms with Crippen LogP contribution in [-0.2, 0) is 27.8 Å². The Morgan fingerprint density at radius 3 is 2.50 bits per heavy atom. The van der Waals surface area contributed by atoms with E-state index in [0.717, 1.165) is 35.4 Å². The molecule has 0 bridgehead atoms. The molecule has 8 heteroatoms. The molecule has 0 heterocycles. The zero-order valence-corrected chi connectivity index (χ0v) is 19.7. The summed E-state index contributed by atoms with van der Waals surface area (Å²) in [6.07, 6.45) is 4.01. The van der Waals surface area contributed by atoms with Crippen molar-refractivity contribution in [3.8, 4) is 5.75 Å². The molecular weight excluding hydrogens is 455 g/mol. The average molecular weight is 483 g/mol. The Labute approximate surface area is 199 Å². The minimum absolute atomic E-state index is 0.0230. The molecule has 1 aliphatic rings. The molecule has 178 valence electrons. The predicted molar refractivity (Wildman–Crippen MR) is 130 cm³/mol. The third-order valence-electron chi connectivity index (χ3n) is 5.87. The smallest absolute Gasteiger partial charge is 0.258 e. The second kappa shape index (κ2) is 10.3. The lowest BCUT2D eigenvalue weighted by molar-refractivity contribution is -0.123. The van der Waals surface area contributed by atoms with Gasteiger partial charge >= 0.3 is 0 Å². The first-order chi connectivity index (χ1) is 16.3. The maximum Gasteiger partial charge on any atom is 0.258 e. The van der Waals surface area contributed by atoms with E-state index in [1.807, 2.05) is 18.2 Å². The van der Waals surface area contributed by atoms with E-state index >= 15 is 0 Å². The number of aryl methyl sites for hydroxylation is 1. The summed E-state index contributed by atoms with van der Waals surface area (Å²) in [6.45, 7) is -0.278. The summed E-state index contributed by atoms with van der Waals surface area (Å²) in [4.78, 5) is 12.5.